The van der Waals surface area contributed by atoms with Gasteiger partial charge in [-0.05, 0) is 44.0 Å². The summed E-state index contributed by atoms with van der Waals surface area (Å²) in [5.41, 5.74) is 4.98. The van der Waals surface area contributed by atoms with Gasteiger partial charge in [-0.2, -0.15) is 0 Å². The van der Waals surface area contributed by atoms with Crippen LogP contribution >= 0.6 is 0 Å². The minimum Gasteiger partial charge on any atom is -0.377 e. The highest BCUT2D eigenvalue weighted by atomic mass is 15.1. The van der Waals surface area contributed by atoms with Gasteiger partial charge in [0.1, 0.15) is 0 Å². The molecule has 0 amide bonds. The second-order valence-electron chi connectivity index (χ2n) is 5.70. The first kappa shape index (κ1) is 13.2. The first-order chi connectivity index (χ1) is 9.66. The average molecular weight is 270 g/mol. The van der Waals surface area contributed by atoms with Crippen LogP contribution < -0.4 is 10.2 Å². The second kappa shape index (κ2) is 5.29. The van der Waals surface area contributed by atoms with Crippen LogP contribution in [-0.4, -0.2) is 30.2 Å². The van der Waals surface area contributed by atoms with Gasteiger partial charge < -0.3 is 14.8 Å². The Morgan fingerprint density at radius 1 is 1.35 bits per heavy atom. The summed E-state index contributed by atoms with van der Waals surface area (Å²) in [7, 11) is 4.17. The summed E-state index contributed by atoms with van der Waals surface area (Å²) in [6, 6.07) is 7.01. The Balaban J connectivity index is 2.01. The fourth-order valence-electron chi connectivity index (χ4n) is 2.95. The maximum atomic E-state index is 4.35. The predicted octanol–water partition coefficient (Wildman–Crippen LogP) is 2.67. The van der Waals surface area contributed by atoms with Crippen LogP contribution in [0, 0.1) is 6.92 Å². The third kappa shape index (κ3) is 2.31. The quantitative estimate of drug-likeness (QED) is 0.931. The molecule has 0 spiro atoms. The van der Waals surface area contributed by atoms with Crippen LogP contribution in [0.3, 0.4) is 0 Å². The molecule has 2 aromatic rings. The van der Waals surface area contributed by atoms with Crippen molar-refractivity contribution >= 4 is 5.69 Å². The number of hydrogen-bond donors (Lipinski definition) is 1. The number of anilines is 1. The highest BCUT2D eigenvalue weighted by Crippen LogP contribution is 2.27. The number of aromatic nitrogens is 2. The Bertz CT molecular complexity index is 594. The van der Waals surface area contributed by atoms with Gasteiger partial charge in [0.15, 0.2) is 0 Å². The Labute approximate surface area is 120 Å². The van der Waals surface area contributed by atoms with Gasteiger partial charge >= 0.3 is 0 Å². The lowest BCUT2D eigenvalue weighted by atomic mass is 10.1. The number of hydrogen-bond acceptors (Lipinski definition) is 3. The van der Waals surface area contributed by atoms with E-state index in [0.29, 0.717) is 6.04 Å². The molecule has 1 aromatic carbocycles. The van der Waals surface area contributed by atoms with Crippen molar-refractivity contribution in [2.24, 2.45) is 0 Å². The molecule has 1 unspecified atom stereocenters. The molecule has 1 fully saturated rings. The third-order valence-corrected chi connectivity index (χ3v) is 4.04. The molecule has 106 valence electrons. The monoisotopic (exact) mass is 270 g/mol. The van der Waals surface area contributed by atoms with Crippen molar-refractivity contribution in [3.8, 4) is 5.69 Å². The van der Waals surface area contributed by atoms with Crippen molar-refractivity contribution in [1.29, 1.82) is 0 Å². The topological polar surface area (TPSA) is 33.1 Å². The normalized spacial score (nSPS) is 18.4. The van der Waals surface area contributed by atoms with E-state index in [1.165, 1.54) is 35.5 Å². The SMILES string of the molecule is Cc1ccc(-n2cncc2C2CCCN2)cc1N(C)C. The number of benzene rings is 1. The Morgan fingerprint density at radius 3 is 2.90 bits per heavy atom. The van der Waals surface area contributed by atoms with E-state index in [4.69, 9.17) is 0 Å². The van der Waals surface area contributed by atoms with Crippen LogP contribution in [0.5, 0.6) is 0 Å². The summed E-state index contributed by atoms with van der Waals surface area (Å²) >= 11 is 0. The van der Waals surface area contributed by atoms with Gasteiger partial charge in [-0.3, -0.25) is 0 Å². The zero-order valence-corrected chi connectivity index (χ0v) is 12.4. The van der Waals surface area contributed by atoms with E-state index < -0.39 is 0 Å². The minimum absolute atomic E-state index is 0.432. The van der Waals surface area contributed by atoms with E-state index in [1.54, 1.807) is 0 Å². The fourth-order valence-corrected chi connectivity index (χ4v) is 2.95. The summed E-state index contributed by atoms with van der Waals surface area (Å²) in [6.07, 6.45) is 6.34. The zero-order valence-electron chi connectivity index (χ0n) is 12.4. The lowest BCUT2D eigenvalue weighted by molar-refractivity contribution is 0.615. The van der Waals surface area contributed by atoms with Crippen LogP contribution in [0.15, 0.2) is 30.7 Å². The van der Waals surface area contributed by atoms with E-state index in [2.05, 4.69) is 59.0 Å². The lowest BCUT2D eigenvalue weighted by Crippen LogP contribution is -2.16. The number of nitrogens with zero attached hydrogens (tertiary/aromatic N) is 3. The first-order valence-corrected chi connectivity index (χ1v) is 7.21. The molecule has 4 heteroatoms. The van der Waals surface area contributed by atoms with E-state index in [1.807, 2.05) is 12.5 Å². The van der Waals surface area contributed by atoms with Crippen molar-refractivity contribution < 1.29 is 0 Å². The van der Waals surface area contributed by atoms with Crippen molar-refractivity contribution in [2.45, 2.75) is 25.8 Å². The fraction of sp³-hybridized carbons (Fsp3) is 0.438. The summed E-state index contributed by atoms with van der Waals surface area (Å²) in [5, 5.41) is 3.55. The van der Waals surface area contributed by atoms with Gasteiger partial charge in [-0.1, -0.05) is 6.07 Å². The second-order valence-corrected chi connectivity index (χ2v) is 5.70. The minimum atomic E-state index is 0.432. The molecule has 1 saturated heterocycles. The molecular formula is C16H22N4. The Morgan fingerprint density at radius 2 is 2.20 bits per heavy atom. The Kier molecular flexibility index (Phi) is 3.49. The average Bonchev–Trinajstić information content (AvgIpc) is 3.09. The smallest absolute Gasteiger partial charge is 0.0994 e. The molecule has 0 saturated carbocycles. The van der Waals surface area contributed by atoms with Gasteiger partial charge in [0, 0.05) is 31.5 Å². The van der Waals surface area contributed by atoms with Crippen molar-refractivity contribution in [2.75, 3.05) is 25.5 Å². The molecular weight excluding hydrogens is 248 g/mol. The summed E-state index contributed by atoms with van der Waals surface area (Å²) in [5.74, 6) is 0. The number of imidazole rings is 1. The maximum absolute atomic E-state index is 4.35. The molecule has 1 aliphatic heterocycles. The van der Waals surface area contributed by atoms with Crippen molar-refractivity contribution in [3.05, 3.63) is 42.0 Å². The molecule has 0 radical (unpaired) electrons. The molecule has 1 atom stereocenters. The van der Waals surface area contributed by atoms with Crippen LogP contribution in [0.2, 0.25) is 0 Å². The molecule has 20 heavy (non-hydrogen) atoms. The van der Waals surface area contributed by atoms with E-state index in [0.717, 1.165) is 6.54 Å². The van der Waals surface area contributed by atoms with Crippen LogP contribution in [0.4, 0.5) is 5.69 Å². The molecule has 2 heterocycles. The third-order valence-electron chi connectivity index (χ3n) is 4.04. The highest BCUT2D eigenvalue weighted by molar-refractivity contribution is 5.58. The van der Waals surface area contributed by atoms with Crippen LogP contribution in [0.1, 0.15) is 30.1 Å². The predicted molar refractivity (Wildman–Crippen MR) is 82.6 cm³/mol. The van der Waals surface area contributed by atoms with E-state index in [-0.39, 0.29) is 0 Å². The van der Waals surface area contributed by atoms with Crippen molar-refractivity contribution in [1.82, 2.24) is 14.9 Å². The molecule has 1 aliphatic rings. The Hall–Kier alpha value is -1.81. The van der Waals surface area contributed by atoms with Crippen molar-refractivity contribution in [3.63, 3.8) is 0 Å². The largest absolute Gasteiger partial charge is 0.377 e. The van der Waals surface area contributed by atoms with Crippen LogP contribution in [-0.2, 0) is 0 Å². The number of rotatable bonds is 3. The molecule has 4 nitrogen and oxygen atoms in total. The molecule has 1 aromatic heterocycles. The highest BCUT2D eigenvalue weighted by Gasteiger charge is 2.20. The number of nitrogens with one attached hydrogen (secondary N) is 1. The molecule has 0 aliphatic carbocycles. The summed E-state index contributed by atoms with van der Waals surface area (Å²) in [4.78, 5) is 6.51. The summed E-state index contributed by atoms with van der Waals surface area (Å²) in [6.45, 7) is 3.25. The van der Waals surface area contributed by atoms with Crippen LogP contribution in [0.25, 0.3) is 5.69 Å². The summed E-state index contributed by atoms with van der Waals surface area (Å²) < 4.78 is 2.20. The molecule has 3 rings (SSSR count). The van der Waals surface area contributed by atoms with Gasteiger partial charge in [-0.15, -0.1) is 0 Å². The maximum Gasteiger partial charge on any atom is 0.0994 e. The molecule has 1 N–H and O–H groups in total. The van der Waals surface area contributed by atoms with E-state index >= 15 is 0 Å². The number of aryl methyl sites for hydroxylation is 1. The molecule has 0 bridgehead atoms. The van der Waals surface area contributed by atoms with Gasteiger partial charge in [0.25, 0.3) is 0 Å². The van der Waals surface area contributed by atoms with E-state index in [9.17, 15) is 0 Å². The first-order valence-electron chi connectivity index (χ1n) is 7.21. The van der Waals surface area contributed by atoms with Gasteiger partial charge in [0.2, 0.25) is 0 Å². The van der Waals surface area contributed by atoms with Gasteiger partial charge in [-0.25, -0.2) is 4.98 Å². The standard InChI is InChI=1S/C16H22N4/c1-12-6-7-13(9-15(12)19(2)3)20-11-17-10-16(20)14-5-4-8-18-14/h6-7,9-11,14,18H,4-5,8H2,1-3H3. The zero-order chi connectivity index (χ0) is 14.1. The van der Waals surface area contributed by atoms with Gasteiger partial charge in [0.05, 0.1) is 18.2 Å². The lowest BCUT2D eigenvalue weighted by Gasteiger charge is -2.19.